The molecule has 0 bridgehead atoms. The quantitative estimate of drug-likeness (QED) is 0.760. The van der Waals surface area contributed by atoms with E-state index in [9.17, 15) is 4.39 Å². The van der Waals surface area contributed by atoms with Crippen molar-refractivity contribution >= 4 is 11.0 Å². The van der Waals surface area contributed by atoms with Gasteiger partial charge in [-0.15, -0.1) is 0 Å². The van der Waals surface area contributed by atoms with Crippen molar-refractivity contribution in [2.45, 2.75) is 26.2 Å². The molecule has 0 aliphatic heterocycles. The van der Waals surface area contributed by atoms with Crippen molar-refractivity contribution < 1.29 is 9.13 Å². The smallest absolute Gasteiger partial charge is 0.213 e. The number of rotatable bonds is 1. The molecule has 0 fully saturated rings. The molecule has 0 radical (unpaired) electrons. The van der Waals surface area contributed by atoms with Gasteiger partial charge in [0.15, 0.2) is 0 Å². The third-order valence-electron chi connectivity index (χ3n) is 2.60. The van der Waals surface area contributed by atoms with Gasteiger partial charge in [0.1, 0.15) is 5.82 Å². The van der Waals surface area contributed by atoms with Crippen molar-refractivity contribution in [2.75, 3.05) is 7.11 Å². The number of fused-ring (bicyclic) bond motifs is 1. The van der Waals surface area contributed by atoms with E-state index in [1.807, 2.05) is 20.8 Å². The molecule has 17 heavy (non-hydrogen) atoms. The normalized spacial score (nSPS) is 11.8. The number of hydrogen-bond donors (Lipinski definition) is 0. The predicted molar refractivity (Wildman–Crippen MR) is 64.7 cm³/mol. The summed E-state index contributed by atoms with van der Waals surface area (Å²) in [6, 6.07) is 3.51. The van der Waals surface area contributed by atoms with E-state index in [0.29, 0.717) is 22.5 Å². The number of halogens is 1. The largest absolute Gasteiger partial charge is 0.481 e. The summed E-state index contributed by atoms with van der Waals surface area (Å²) in [5.41, 5.74) is 1.49. The monoisotopic (exact) mass is 234 g/mol. The number of hydrogen-bond acceptors (Lipinski definition) is 3. The van der Waals surface area contributed by atoms with E-state index in [1.165, 1.54) is 13.3 Å². The Kier molecular flexibility index (Phi) is 2.73. The van der Waals surface area contributed by atoms with Crippen LogP contribution in [0.25, 0.3) is 11.0 Å². The number of pyridine rings is 2. The first-order chi connectivity index (χ1) is 7.93. The summed E-state index contributed by atoms with van der Waals surface area (Å²) in [5, 5.41) is 0. The first kappa shape index (κ1) is 11.8. The molecule has 0 aromatic carbocycles. The van der Waals surface area contributed by atoms with Crippen molar-refractivity contribution in [1.82, 2.24) is 9.97 Å². The van der Waals surface area contributed by atoms with Gasteiger partial charge in [0.25, 0.3) is 0 Å². The summed E-state index contributed by atoms with van der Waals surface area (Å²) >= 11 is 0. The van der Waals surface area contributed by atoms with Gasteiger partial charge in [0.05, 0.1) is 24.3 Å². The number of aromatic nitrogens is 2. The summed E-state index contributed by atoms with van der Waals surface area (Å²) in [7, 11) is 1.54. The molecule has 2 rings (SSSR count). The van der Waals surface area contributed by atoms with Gasteiger partial charge in [0.2, 0.25) is 5.88 Å². The fourth-order valence-electron chi connectivity index (χ4n) is 1.85. The third kappa shape index (κ3) is 2.07. The second-order valence-corrected chi connectivity index (χ2v) is 4.95. The SMILES string of the molecule is COc1ccc2ncc(F)c(C(C)(C)C)c2n1. The average molecular weight is 234 g/mol. The minimum Gasteiger partial charge on any atom is -0.481 e. The Balaban J connectivity index is 2.83. The maximum Gasteiger partial charge on any atom is 0.213 e. The zero-order chi connectivity index (χ0) is 12.6. The van der Waals surface area contributed by atoms with Gasteiger partial charge < -0.3 is 4.74 Å². The Labute approximate surface area is 99.7 Å². The van der Waals surface area contributed by atoms with E-state index in [2.05, 4.69) is 9.97 Å². The van der Waals surface area contributed by atoms with Crippen LogP contribution in [-0.4, -0.2) is 17.1 Å². The molecule has 0 unspecified atom stereocenters. The van der Waals surface area contributed by atoms with Gasteiger partial charge in [0, 0.05) is 11.6 Å². The van der Waals surface area contributed by atoms with Crippen LogP contribution in [0, 0.1) is 5.82 Å². The van der Waals surface area contributed by atoms with E-state index in [1.54, 1.807) is 12.1 Å². The van der Waals surface area contributed by atoms with Crippen LogP contribution >= 0.6 is 0 Å². The van der Waals surface area contributed by atoms with E-state index in [-0.39, 0.29) is 11.2 Å². The molecule has 0 aliphatic rings. The number of ether oxygens (including phenoxy) is 1. The molecule has 90 valence electrons. The van der Waals surface area contributed by atoms with Gasteiger partial charge in [-0.25, -0.2) is 9.37 Å². The topological polar surface area (TPSA) is 35.0 Å². The maximum atomic E-state index is 13.9. The van der Waals surface area contributed by atoms with Crippen molar-refractivity contribution in [3.8, 4) is 5.88 Å². The predicted octanol–water partition coefficient (Wildman–Crippen LogP) is 3.08. The second kappa shape index (κ2) is 3.95. The van der Waals surface area contributed by atoms with Crippen molar-refractivity contribution in [3.63, 3.8) is 0 Å². The molecular weight excluding hydrogens is 219 g/mol. The lowest BCUT2D eigenvalue weighted by Gasteiger charge is -2.21. The van der Waals surface area contributed by atoms with Gasteiger partial charge in [-0.3, -0.25) is 4.98 Å². The molecule has 2 aromatic rings. The minimum absolute atomic E-state index is 0.328. The lowest BCUT2D eigenvalue weighted by Crippen LogP contribution is -2.15. The molecule has 0 aliphatic carbocycles. The van der Waals surface area contributed by atoms with Gasteiger partial charge >= 0.3 is 0 Å². The number of methoxy groups -OCH3 is 1. The Morgan fingerprint density at radius 3 is 2.53 bits per heavy atom. The van der Waals surface area contributed by atoms with Crippen molar-refractivity contribution in [3.05, 3.63) is 29.7 Å². The number of nitrogens with zero attached hydrogens (tertiary/aromatic N) is 2. The van der Waals surface area contributed by atoms with Crippen LogP contribution in [0.4, 0.5) is 4.39 Å². The molecule has 0 spiro atoms. The van der Waals surface area contributed by atoms with Crippen LogP contribution in [0.2, 0.25) is 0 Å². The van der Waals surface area contributed by atoms with Crippen LogP contribution < -0.4 is 4.74 Å². The maximum absolute atomic E-state index is 13.9. The minimum atomic E-state index is -0.329. The highest BCUT2D eigenvalue weighted by molar-refractivity contribution is 5.79. The molecular formula is C13H15FN2O. The zero-order valence-electron chi connectivity index (χ0n) is 10.4. The van der Waals surface area contributed by atoms with E-state index >= 15 is 0 Å². The first-order valence-electron chi connectivity index (χ1n) is 5.43. The Morgan fingerprint density at radius 2 is 1.94 bits per heavy atom. The van der Waals surface area contributed by atoms with E-state index in [4.69, 9.17) is 4.74 Å². The highest BCUT2D eigenvalue weighted by Crippen LogP contribution is 2.31. The van der Waals surface area contributed by atoms with E-state index in [0.717, 1.165) is 0 Å². The summed E-state index contributed by atoms with van der Waals surface area (Å²) in [6.07, 6.45) is 1.25. The van der Waals surface area contributed by atoms with Crippen LogP contribution in [0.15, 0.2) is 18.3 Å². The standard InChI is InChI=1S/C13H15FN2O/c1-13(2,3)11-8(14)7-15-9-5-6-10(17-4)16-12(9)11/h5-7H,1-4H3. The molecule has 0 atom stereocenters. The van der Waals surface area contributed by atoms with Crippen LogP contribution in [0.3, 0.4) is 0 Å². The third-order valence-corrected chi connectivity index (χ3v) is 2.60. The average Bonchev–Trinajstić information content (AvgIpc) is 2.26. The van der Waals surface area contributed by atoms with Crippen molar-refractivity contribution in [2.24, 2.45) is 0 Å². The van der Waals surface area contributed by atoms with Gasteiger partial charge in [-0.1, -0.05) is 20.8 Å². The molecule has 2 aromatic heterocycles. The van der Waals surface area contributed by atoms with Gasteiger partial charge in [-0.05, 0) is 11.5 Å². The summed E-state index contributed by atoms with van der Waals surface area (Å²) in [5.74, 6) is 0.140. The Hall–Kier alpha value is -1.71. The lowest BCUT2D eigenvalue weighted by molar-refractivity contribution is 0.399. The summed E-state index contributed by atoms with van der Waals surface area (Å²) < 4.78 is 19.0. The second-order valence-electron chi connectivity index (χ2n) is 4.95. The fourth-order valence-corrected chi connectivity index (χ4v) is 1.85. The Morgan fingerprint density at radius 1 is 1.24 bits per heavy atom. The zero-order valence-corrected chi connectivity index (χ0v) is 10.4. The van der Waals surface area contributed by atoms with Crippen molar-refractivity contribution in [1.29, 1.82) is 0 Å². The molecule has 0 amide bonds. The molecule has 0 N–H and O–H groups in total. The molecule has 3 nitrogen and oxygen atoms in total. The highest BCUT2D eigenvalue weighted by Gasteiger charge is 2.23. The lowest BCUT2D eigenvalue weighted by atomic mass is 9.86. The molecule has 4 heteroatoms. The molecule has 2 heterocycles. The fraction of sp³-hybridized carbons (Fsp3) is 0.385. The summed E-state index contributed by atoms with van der Waals surface area (Å²) in [4.78, 5) is 8.33. The first-order valence-corrected chi connectivity index (χ1v) is 5.43. The summed E-state index contributed by atoms with van der Waals surface area (Å²) in [6.45, 7) is 5.85. The van der Waals surface area contributed by atoms with Crippen LogP contribution in [0.5, 0.6) is 5.88 Å². The van der Waals surface area contributed by atoms with E-state index < -0.39 is 0 Å². The van der Waals surface area contributed by atoms with Gasteiger partial charge in [-0.2, -0.15) is 0 Å². The Bertz CT molecular complexity index is 561. The van der Waals surface area contributed by atoms with Crippen LogP contribution in [-0.2, 0) is 5.41 Å². The highest BCUT2D eigenvalue weighted by atomic mass is 19.1. The van der Waals surface area contributed by atoms with Crippen LogP contribution in [0.1, 0.15) is 26.3 Å². The molecule has 0 saturated heterocycles. The molecule has 0 saturated carbocycles.